The number of nitrogens with two attached hydrogens (primary N) is 1. The number of likely N-dealkylation sites (N-methyl/N-ethyl adjacent to an activating group) is 1. The molecule has 1 aromatic carbocycles. The van der Waals surface area contributed by atoms with Gasteiger partial charge in [-0.15, -0.1) is 0 Å². The van der Waals surface area contributed by atoms with Crippen molar-refractivity contribution in [3.05, 3.63) is 40.2 Å². The number of rotatable bonds is 5. The monoisotopic (exact) mass is 531 g/mol. The molecule has 11 heteroatoms. The van der Waals surface area contributed by atoms with Crippen molar-refractivity contribution < 1.29 is 39.5 Å². The highest BCUT2D eigenvalue weighted by Gasteiger charge is 2.64. The van der Waals surface area contributed by atoms with Gasteiger partial charge in [-0.1, -0.05) is 0 Å². The van der Waals surface area contributed by atoms with Gasteiger partial charge in [0.05, 0.1) is 11.6 Å². The van der Waals surface area contributed by atoms with Gasteiger partial charge >= 0.3 is 0 Å². The third-order valence-corrected chi connectivity index (χ3v) is 7.47. The van der Waals surface area contributed by atoms with Crippen LogP contribution >= 0.6 is 0 Å². The molecule has 1 amide bonds. The number of primary amides is 1. The van der Waals surface area contributed by atoms with Gasteiger partial charge in [0.25, 0.3) is 5.91 Å². The molecule has 6 N–H and O–H groups in total. The van der Waals surface area contributed by atoms with Crippen LogP contribution in [0.4, 0.5) is 5.69 Å². The average molecular weight is 532 g/mol. The highest BCUT2D eigenvalue weighted by atomic mass is 16.5. The van der Waals surface area contributed by atoms with E-state index in [1.54, 1.807) is 20.2 Å². The first-order valence-corrected chi connectivity index (χ1v) is 12.5. The molecule has 0 radical (unpaired) electrons. The second-order valence-corrected chi connectivity index (χ2v) is 10.1. The molecule has 0 bridgehead atoms. The summed E-state index contributed by atoms with van der Waals surface area (Å²) in [6.07, 6.45) is 0.324. The van der Waals surface area contributed by atoms with E-state index in [0.29, 0.717) is 5.56 Å². The highest BCUT2D eigenvalue weighted by Crippen LogP contribution is 2.53. The zero-order chi connectivity index (χ0) is 28.7. The molecule has 1 fully saturated rings. The maximum absolute atomic E-state index is 13.7. The van der Waals surface area contributed by atoms with Gasteiger partial charge in [-0.05, 0) is 64.4 Å². The number of anilines is 1. The summed E-state index contributed by atoms with van der Waals surface area (Å²) in [4.78, 5) is 42.0. The molecule has 1 saturated carbocycles. The van der Waals surface area contributed by atoms with E-state index in [1.807, 2.05) is 32.8 Å². The maximum atomic E-state index is 13.7. The van der Waals surface area contributed by atoms with Crippen LogP contribution in [-0.4, -0.2) is 95.8 Å². The lowest BCUT2D eigenvalue weighted by Crippen LogP contribution is -2.65. The van der Waals surface area contributed by atoms with Gasteiger partial charge in [0, 0.05) is 44.5 Å². The van der Waals surface area contributed by atoms with Crippen LogP contribution in [-0.2, 0) is 25.5 Å². The van der Waals surface area contributed by atoms with Crippen LogP contribution in [0, 0.1) is 11.8 Å². The normalized spacial score (nSPS) is 26.4. The minimum Gasteiger partial charge on any atom is -0.508 e. The zero-order valence-corrected chi connectivity index (χ0v) is 22.6. The van der Waals surface area contributed by atoms with Gasteiger partial charge in [0.15, 0.2) is 11.4 Å². The molecule has 0 unspecified atom stereocenters. The van der Waals surface area contributed by atoms with Crippen molar-refractivity contribution in [2.45, 2.75) is 38.3 Å². The van der Waals surface area contributed by atoms with Crippen LogP contribution in [0.3, 0.4) is 0 Å². The van der Waals surface area contributed by atoms with E-state index < -0.39 is 58.0 Å². The third kappa shape index (κ3) is 4.44. The largest absolute Gasteiger partial charge is 0.508 e. The summed E-state index contributed by atoms with van der Waals surface area (Å²) in [6, 6.07) is 2.01. The predicted molar refractivity (Wildman–Crippen MR) is 141 cm³/mol. The molecule has 0 heterocycles. The minimum absolute atomic E-state index is 0.0638. The number of aliphatic hydroxyl groups is 3. The first kappa shape index (κ1) is 29.2. The van der Waals surface area contributed by atoms with Gasteiger partial charge < -0.3 is 35.8 Å². The van der Waals surface area contributed by atoms with E-state index in [-0.39, 0.29) is 29.7 Å². The molecule has 4 atom stereocenters. The van der Waals surface area contributed by atoms with Crippen molar-refractivity contribution in [3.8, 4) is 5.75 Å². The van der Waals surface area contributed by atoms with E-state index in [4.69, 9.17) is 10.5 Å². The number of ether oxygens (including phenoxy) is 1. The van der Waals surface area contributed by atoms with Gasteiger partial charge in [0.1, 0.15) is 22.8 Å². The van der Waals surface area contributed by atoms with Crippen molar-refractivity contribution in [1.29, 1.82) is 0 Å². The number of benzene rings is 1. The molecule has 0 aromatic heterocycles. The van der Waals surface area contributed by atoms with Crippen molar-refractivity contribution in [3.63, 3.8) is 0 Å². The lowest BCUT2D eigenvalue weighted by atomic mass is 9.57. The Bertz CT molecular complexity index is 1220. The Morgan fingerprint density at radius 2 is 1.71 bits per heavy atom. The van der Waals surface area contributed by atoms with Crippen LogP contribution in [0.1, 0.15) is 31.4 Å². The fourth-order valence-corrected chi connectivity index (χ4v) is 5.85. The van der Waals surface area contributed by atoms with Crippen LogP contribution in [0.2, 0.25) is 0 Å². The molecule has 3 aliphatic carbocycles. The summed E-state index contributed by atoms with van der Waals surface area (Å²) in [7, 11) is 6.75. The van der Waals surface area contributed by atoms with Crippen molar-refractivity contribution in [1.82, 2.24) is 4.90 Å². The number of Topliss-reactive ketones (excluding diaryl/α,β-unsaturated/α-hetero) is 2. The second kappa shape index (κ2) is 10.8. The Balaban J connectivity index is 0.000000732. The topological polar surface area (TPSA) is 174 Å². The number of nitrogens with zero attached hydrogens (tertiary/aromatic N) is 2. The van der Waals surface area contributed by atoms with E-state index in [9.17, 15) is 34.8 Å². The van der Waals surface area contributed by atoms with Crippen LogP contribution in [0.25, 0.3) is 5.76 Å². The quantitative estimate of drug-likeness (QED) is 0.346. The molecule has 3 aliphatic rings. The Kier molecular flexibility index (Phi) is 8.25. The molecular weight excluding hydrogens is 494 g/mol. The number of carbonyl (C=O) groups is 3. The third-order valence-electron chi connectivity index (χ3n) is 7.47. The molecule has 0 spiro atoms. The second-order valence-electron chi connectivity index (χ2n) is 10.1. The predicted octanol–water partition coefficient (Wildman–Crippen LogP) is 1.07. The molecule has 4 rings (SSSR count). The molecule has 0 saturated heterocycles. The number of aromatic hydroxyl groups is 1. The summed E-state index contributed by atoms with van der Waals surface area (Å²) in [5.74, 6) is -6.54. The summed E-state index contributed by atoms with van der Waals surface area (Å²) >= 11 is 0. The molecule has 0 aliphatic heterocycles. The summed E-state index contributed by atoms with van der Waals surface area (Å²) < 4.78 is 4.83. The standard InChI is InChI=1S/C23H27N3O7.C4H10O/c1-25(2)12-5-6-13(27)15-10(12)7-9-8-11-17(26(3)4)19(29)16(22(24)32)21(31)23(11,33)20(30)14(9)18(15)28;1-3-5-4-2/h5-6,9,11,17,27-28,31,33H,7-8H2,1-4H3,(H2,24,32);3-4H2,1-2H3/t9-,11-,17-,23-;/m0./s1. The van der Waals surface area contributed by atoms with Gasteiger partial charge in [-0.25, -0.2) is 0 Å². The summed E-state index contributed by atoms with van der Waals surface area (Å²) in [6.45, 7) is 5.67. The van der Waals surface area contributed by atoms with E-state index in [1.165, 1.54) is 11.0 Å². The Hall–Kier alpha value is -3.41. The number of carbonyl (C=O) groups excluding carboxylic acids is 3. The summed E-state index contributed by atoms with van der Waals surface area (Å²) in [5.41, 5.74) is 3.15. The van der Waals surface area contributed by atoms with Crippen molar-refractivity contribution in [2.75, 3.05) is 46.3 Å². The number of hydrogen-bond acceptors (Lipinski definition) is 10. The van der Waals surface area contributed by atoms with E-state index in [0.717, 1.165) is 18.9 Å². The zero-order valence-electron chi connectivity index (χ0n) is 22.6. The molecule has 1 aromatic rings. The van der Waals surface area contributed by atoms with E-state index in [2.05, 4.69) is 0 Å². The SMILES string of the molecule is CCOCC.CN(C)c1ccc(O)c2c1C[C@H]1C[C@H]3[C@H](N(C)C)C(=O)C(C(N)=O)=C(O)[C@@]3(O)C(=O)C1=C2O. The Labute approximate surface area is 221 Å². The number of ketones is 2. The van der Waals surface area contributed by atoms with Gasteiger partial charge in [0.2, 0.25) is 5.78 Å². The Morgan fingerprint density at radius 1 is 1.11 bits per heavy atom. The van der Waals surface area contributed by atoms with Crippen LogP contribution in [0.5, 0.6) is 5.75 Å². The maximum Gasteiger partial charge on any atom is 0.255 e. The van der Waals surface area contributed by atoms with Crippen molar-refractivity contribution in [2.24, 2.45) is 17.6 Å². The van der Waals surface area contributed by atoms with Gasteiger partial charge in [-0.3, -0.25) is 19.3 Å². The number of phenols is 1. The number of hydrogen-bond donors (Lipinski definition) is 5. The molecule has 38 heavy (non-hydrogen) atoms. The van der Waals surface area contributed by atoms with Crippen LogP contribution < -0.4 is 10.6 Å². The number of amides is 1. The Morgan fingerprint density at radius 3 is 2.18 bits per heavy atom. The summed E-state index contributed by atoms with van der Waals surface area (Å²) in [5, 5.41) is 43.9. The molecule has 11 nitrogen and oxygen atoms in total. The first-order valence-electron chi connectivity index (χ1n) is 12.5. The first-order chi connectivity index (χ1) is 17.7. The highest BCUT2D eigenvalue weighted by molar-refractivity contribution is 6.24. The smallest absolute Gasteiger partial charge is 0.255 e. The van der Waals surface area contributed by atoms with Crippen molar-refractivity contribution >= 4 is 28.9 Å². The fourth-order valence-electron chi connectivity index (χ4n) is 5.85. The molecule has 208 valence electrons. The van der Waals surface area contributed by atoms with Gasteiger partial charge in [-0.2, -0.15) is 0 Å². The lowest BCUT2D eigenvalue weighted by Gasteiger charge is -2.50. The van der Waals surface area contributed by atoms with Crippen LogP contribution in [0.15, 0.2) is 29.0 Å². The average Bonchev–Trinajstić information content (AvgIpc) is 2.81. The number of fused-ring (bicyclic) bond motifs is 3. The lowest BCUT2D eigenvalue weighted by molar-refractivity contribution is -0.153. The van der Waals surface area contributed by atoms with E-state index >= 15 is 0 Å². The number of phenolic OH excluding ortho intramolecular Hbond substituents is 1. The number of aliphatic hydroxyl groups excluding tert-OH is 2. The minimum atomic E-state index is -2.63. The fraction of sp³-hybridized carbons (Fsp3) is 0.519. The molecular formula is C27H37N3O8.